The topological polar surface area (TPSA) is 50.7 Å². The Hall–Kier alpha value is -2.83. The summed E-state index contributed by atoms with van der Waals surface area (Å²) in [6, 6.07) is 12.9. The number of carbonyl (C=O) groups excluding carboxylic acids is 1. The SMILES string of the molecule is CC(C)(C)C(=Nc1ccccc1)NOC(=O)c1ccc(C(F)(F)F)cc1. The van der Waals surface area contributed by atoms with E-state index in [9.17, 15) is 18.0 Å². The average Bonchev–Trinajstić information content (AvgIpc) is 2.57. The lowest BCUT2D eigenvalue weighted by Gasteiger charge is -2.22. The number of hydrogen-bond acceptors (Lipinski definition) is 3. The average molecular weight is 364 g/mol. The Morgan fingerprint density at radius 2 is 1.54 bits per heavy atom. The van der Waals surface area contributed by atoms with E-state index >= 15 is 0 Å². The number of hydrogen-bond donors (Lipinski definition) is 1. The molecule has 2 aromatic carbocycles. The van der Waals surface area contributed by atoms with E-state index in [-0.39, 0.29) is 5.56 Å². The molecule has 0 amide bonds. The predicted octanol–water partition coefficient (Wildman–Crippen LogP) is 5.14. The normalized spacial score (nSPS) is 12.6. The molecule has 7 heteroatoms. The van der Waals surface area contributed by atoms with Crippen molar-refractivity contribution in [2.24, 2.45) is 10.4 Å². The zero-order chi connectivity index (χ0) is 19.4. The maximum absolute atomic E-state index is 12.6. The molecule has 0 saturated heterocycles. The van der Waals surface area contributed by atoms with E-state index in [0.29, 0.717) is 11.5 Å². The molecule has 0 aliphatic carbocycles. The number of benzene rings is 2. The van der Waals surface area contributed by atoms with Crippen LogP contribution in [0.1, 0.15) is 36.7 Å². The van der Waals surface area contributed by atoms with Gasteiger partial charge < -0.3 is 4.84 Å². The zero-order valence-corrected chi connectivity index (χ0v) is 14.6. The van der Waals surface area contributed by atoms with Crippen molar-refractivity contribution >= 4 is 17.5 Å². The van der Waals surface area contributed by atoms with Crippen LogP contribution < -0.4 is 5.48 Å². The van der Waals surface area contributed by atoms with E-state index in [1.165, 1.54) is 0 Å². The number of nitrogens with one attached hydrogen (secondary N) is 1. The number of nitrogens with zero attached hydrogens (tertiary/aromatic N) is 1. The van der Waals surface area contributed by atoms with Crippen LogP contribution in [0.15, 0.2) is 59.6 Å². The van der Waals surface area contributed by atoms with Gasteiger partial charge in [0.15, 0.2) is 0 Å². The molecule has 26 heavy (non-hydrogen) atoms. The van der Waals surface area contributed by atoms with Crippen LogP contribution in [-0.4, -0.2) is 11.8 Å². The third-order valence-corrected chi connectivity index (χ3v) is 3.40. The minimum Gasteiger partial charge on any atom is -0.337 e. The van der Waals surface area contributed by atoms with Crippen LogP contribution in [0.5, 0.6) is 0 Å². The van der Waals surface area contributed by atoms with Gasteiger partial charge in [-0.1, -0.05) is 39.0 Å². The Labute approximate surface area is 149 Å². The summed E-state index contributed by atoms with van der Waals surface area (Å²) in [6.45, 7) is 5.65. The van der Waals surface area contributed by atoms with Gasteiger partial charge in [-0.2, -0.15) is 13.2 Å². The Morgan fingerprint density at radius 3 is 2.04 bits per heavy atom. The van der Waals surface area contributed by atoms with Gasteiger partial charge in [0.05, 0.1) is 16.8 Å². The maximum Gasteiger partial charge on any atom is 0.416 e. The second-order valence-corrected chi connectivity index (χ2v) is 6.61. The molecule has 0 unspecified atom stereocenters. The van der Waals surface area contributed by atoms with Crippen molar-refractivity contribution in [2.45, 2.75) is 26.9 Å². The molecule has 0 spiro atoms. The Balaban J connectivity index is 2.11. The van der Waals surface area contributed by atoms with Crippen molar-refractivity contribution in [3.05, 3.63) is 65.7 Å². The second kappa shape index (κ2) is 7.59. The summed E-state index contributed by atoms with van der Waals surface area (Å²) in [5.41, 5.74) is 1.93. The summed E-state index contributed by atoms with van der Waals surface area (Å²) in [5.74, 6) is -0.396. The monoisotopic (exact) mass is 364 g/mol. The van der Waals surface area contributed by atoms with Crippen molar-refractivity contribution in [1.82, 2.24) is 5.48 Å². The van der Waals surface area contributed by atoms with Crippen LogP contribution in [0.25, 0.3) is 0 Å². The smallest absolute Gasteiger partial charge is 0.337 e. The summed E-state index contributed by atoms with van der Waals surface area (Å²) < 4.78 is 37.7. The van der Waals surface area contributed by atoms with Gasteiger partial charge in [0.25, 0.3) is 0 Å². The number of para-hydroxylation sites is 1. The number of hydroxylamine groups is 1. The first-order valence-electron chi connectivity index (χ1n) is 7.86. The molecule has 0 heterocycles. The number of halogens is 3. The number of amidine groups is 1. The standard InChI is InChI=1S/C19H19F3N2O2/c1-18(2,3)17(23-15-7-5-4-6-8-15)24-26-16(25)13-9-11-14(12-10-13)19(20,21)22/h4-12H,1-3H3,(H,23,24). The van der Waals surface area contributed by atoms with Gasteiger partial charge >= 0.3 is 12.1 Å². The Kier molecular flexibility index (Phi) is 5.69. The van der Waals surface area contributed by atoms with Crippen LogP contribution in [-0.2, 0) is 11.0 Å². The highest BCUT2D eigenvalue weighted by molar-refractivity contribution is 5.93. The molecular weight excluding hydrogens is 345 g/mol. The van der Waals surface area contributed by atoms with Gasteiger partial charge in [-0.05, 0) is 36.4 Å². The molecule has 0 atom stereocenters. The first-order chi connectivity index (χ1) is 12.1. The third kappa shape index (κ3) is 5.34. The Morgan fingerprint density at radius 1 is 0.962 bits per heavy atom. The largest absolute Gasteiger partial charge is 0.416 e. The highest BCUT2D eigenvalue weighted by Crippen LogP contribution is 2.29. The molecule has 2 aromatic rings. The van der Waals surface area contributed by atoms with Crippen molar-refractivity contribution in [2.75, 3.05) is 0 Å². The lowest BCUT2D eigenvalue weighted by Crippen LogP contribution is -2.36. The van der Waals surface area contributed by atoms with Crippen molar-refractivity contribution in [3.63, 3.8) is 0 Å². The summed E-state index contributed by atoms with van der Waals surface area (Å²) in [5, 5.41) is 0. The molecule has 0 aliphatic rings. The number of rotatable bonds is 2. The van der Waals surface area contributed by atoms with Crippen LogP contribution in [0.2, 0.25) is 0 Å². The molecule has 0 fully saturated rings. The van der Waals surface area contributed by atoms with Crippen LogP contribution in [0, 0.1) is 5.41 Å². The summed E-state index contributed by atoms with van der Waals surface area (Å²) in [7, 11) is 0. The van der Waals surface area contributed by atoms with Gasteiger partial charge in [0.2, 0.25) is 0 Å². The van der Waals surface area contributed by atoms with E-state index in [4.69, 9.17) is 4.84 Å². The van der Waals surface area contributed by atoms with E-state index < -0.39 is 23.1 Å². The van der Waals surface area contributed by atoms with Crippen molar-refractivity contribution in [3.8, 4) is 0 Å². The second-order valence-electron chi connectivity index (χ2n) is 6.61. The molecule has 2 rings (SSSR count). The van der Waals surface area contributed by atoms with Gasteiger partial charge in [0, 0.05) is 5.41 Å². The van der Waals surface area contributed by atoms with Crippen LogP contribution in [0.4, 0.5) is 18.9 Å². The molecule has 0 radical (unpaired) electrons. The van der Waals surface area contributed by atoms with Crippen molar-refractivity contribution in [1.29, 1.82) is 0 Å². The lowest BCUT2D eigenvalue weighted by molar-refractivity contribution is -0.137. The number of aliphatic imine (C=N–C) groups is 1. The first-order valence-corrected chi connectivity index (χ1v) is 7.86. The number of alkyl halides is 3. The highest BCUT2D eigenvalue weighted by atomic mass is 19.4. The van der Waals surface area contributed by atoms with Gasteiger partial charge in [-0.15, -0.1) is 0 Å². The Bertz CT molecular complexity index is 777. The predicted molar refractivity (Wildman–Crippen MR) is 93.0 cm³/mol. The summed E-state index contributed by atoms with van der Waals surface area (Å²) in [6.07, 6.45) is -4.46. The summed E-state index contributed by atoms with van der Waals surface area (Å²) in [4.78, 5) is 21.5. The van der Waals surface area contributed by atoms with E-state index in [2.05, 4.69) is 10.5 Å². The zero-order valence-electron chi connectivity index (χ0n) is 14.6. The maximum atomic E-state index is 12.6. The molecule has 0 bridgehead atoms. The fraction of sp³-hybridized carbons (Fsp3) is 0.263. The van der Waals surface area contributed by atoms with Crippen LogP contribution in [0.3, 0.4) is 0 Å². The van der Waals surface area contributed by atoms with Gasteiger partial charge in [0.1, 0.15) is 5.84 Å². The third-order valence-electron chi connectivity index (χ3n) is 3.40. The quantitative estimate of drug-likeness (QED) is 0.456. The molecular formula is C19H19F3N2O2. The minimum atomic E-state index is -4.46. The molecule has 1 N–H and O–H groups in total. The minimum absolute atomic E-state index is 0.00142. The highest BCUT2D eigenvalue weighted by Gasteiger charge is 2.30. The van der Waals surface area contributed by atoms with E-state index in [1.54, 1.807) is 12.1 Å². The van der Waals surface area contributed by atoms with E-state index in [1.807, 2.05) is 39.0 Å². The van der Waals surface area contributed by atoms with Gasteiger partial charge in [-0.3, -0.25) is 0 Å². The molecule has 138 valence electrons. The molecule has 0 aliphatic heterocycles. The van der Waals surface area contributed by atoms with Crippen LogP contribution >= 0.6 is 0 Å². The molecule has 4 nitrogen and oxygen atoms in total. The summed E-state index contributed by atoms with van der Waals surface area (Å²) >= 11 is 0. The van der Waals surface area contributed by atoms with E-state index in [0.717, 1.165) is 24.3 Å². The lowest BCUT2D eigenvalue weighted by atomic mass is 9.95. The molecule has 0 aromatic heterocycles. The fourth-order valence-corrected chi connectivity index (χ4v) is 1.92. The molecule has 0 saturated carbocycles. The van der Waals surface area contributed by atoms with Gasteiger partial charge in [-0.25, -0.2) is 15.3 Å². The number of carbonyl (C=O) groups is 1. The van der Waals surface area contributed by atoms with Crippen molar-refractivity contribution < 1.29 is 22.8 Å². The fourth-order valence-electron chi connectivity index (χ4n) is 1.92. The first kappa shape index (κ1) is 19.5.